The lowest BCUT2D eigenvalue weighted by Crippen LogP contribution is -2.47. The van der Waals surface area contributed by atoms with Crippen molar-refractivity contribution in [3.05, 3.63) is 29.8 Å². The average molecular weight is 524 g/mol. The highest BCUT2D eigenvalue weighted by Crippen LogP contribution is 2.43. The molecule has 0 unspecified atom stereocenters. The van der Waals surface area contributed by atoms with Crippen molar-refractivity contribution in [3.63, 3.8) is 0 Å². The number of para-hydroxylation sites is 1. The Balaban J connectivity index is 0.00000392. The van der Waals surface area contributed by atoms with E-state index in [2.05, 4.69) is 20.3 Å². The van der Waals surface area contributed by atoms with Crippen LogP contribution < -0.4 is 15.4 Å². The predicted octanol–water partition coefficient (Wildman–Crippen LogP) is 2.94. The molecule has 28 heavy (non-hydrogen) atoms. The first-order valence-electron chi connectivity index (χ1n) is 9.44. The van der Waals surface area contributed by atoms with Gasteiger partial charge in [0.2, 0.25) is 10.0 Å². The molecule has 0 heterocycles. The molecule has 1 saturated carbocycles. The second kappa shape index (κ2) is 11.8. The summed E-state index contributed by atoms with van der Waals surface area (Å²) in [6.45, 7) is 4.82. The van der Waals surface area contributed by atoms with E-state index in [1.165, 1.54) is 19.3 Å². The van der Waals surface area contributed by atoms with E-state index in [1.54, 1.807) is 19.2 Å². The van der Waals surface area contributed by atoms with Crippen LogP contribution in [-0.4, -0.2) is 47.4 Å². The molecule has 0 radical (unpaired) electrons. The highest BCUT2D eigenvalue weighted by molar-refractivity contribution is 14.0. The fraction of sp³-hybridized carbons (Fsp3) is 0.632. The van der Waals surface area contributed by atoms with Crippen LogP contribution in [0, 0.1) is 5.41 Å². The minimum Gasteiger partial charge on any atom is -0.385 e. The fourth-order valence-corrected chi connectivity index (χ4v) is 3.84. The fourth-order valence-electron chi connectivity index (χ4n) is 3.25. The Kier molecular flexibility index (Phi) is 10.5. The normalized spacial score (nSPS) is 15.9. The average Bonchev–Trinajstić information content (AvgIpc) is 2.58. The Hall–Kier alpha value is -1.07. The third-order valence-corrected chi connectivity index (χ3v) is 5.54. The molecule has 1 fully saturated rings. The van der Waals surface area contributed by atoms with Gasteiger partial charge >= 0.3 is 0 Å². The molecule has 0 amide bonds. The summed E-state index contributed by atoms with van der Waals surface area (Å²) in [5, 5.41) is 6.72. The molecule has 1 aliphatic rings. The van der Waals surface area contributed by atoms with Crippen LogP contribution in [0.15, 0.2) is 29.3 Å². The third-order valence-electron chi connectivity index (χ3n) is 4.95. The number of halogens is 1. The molecule has 3 N–H and O–H groups in total. The van der Waals surface area contributed by atoms with Crippen LogP contribution in [0.5, 0.6) is 0 Å². The SMILES string of the molecule is CCNC(=NCc1ccccc1NS(C)(=O)=O)NCC1(CCOC)CCC1.I. The Labute approximate surface area is 186 Å². The van der Waals surface area contributed by atoms with Crippen molar-refractivity contribution in [3.8, 4) is 0 Å². The number of benzene rings is 1. The lowest BCUT2D eigenvalue weighted by atomic mass is 9.67. The number of nitrogens with zero attached hydrogens (tertiary/aromatic N) is 1. The largest absolute Gasteiger partial charge is 0.385 e. The number of methoxy groups -OCH3 is 1. The molecule has 0 spiro atoms. The van der Waals surface area contributed by atoms with E-state index in [0.29, 0.717) is 17.6 Å². The molecule has 7 nitrogen and oxygen atoms in total. The molecule has 1 aromatic rings. The smallest absolute Gasteiger partial charge is 0.229 e. The van der Waals surface area contributed by atoms with Crippen molar-refractivity contribution < 1.29 is 13.2 Å². The summed E-state index contributed by atoms with van der Waals surface area (Å²) >= 11 is 0. The zero-order chi connectivity index (χ0) is 19.8. The van der Waals surface area contributed by atoms with E-state index < -0.39 is 10.0 Å². The Morgan fingerprint density at radius 3 is 2.54 bits per heavy atom. The number of anilines is 1. The number of hydrogen-bond acceptors (Lipinski definition) is 4. The van der Waals surface area contributed by atoms with Gasteiger partial charge in [0.25, 0.3) is 0 Å². The van der Waals surface area contributed by atoms with E-state index >= 15 is 0 Å². The minimum atomic E-state index is -3.32. The van der Waals surface area contributed by atoms with Crippen molar-refractivity contribution >= 4 is 45.6 Å². The van der Waals surface area contributed by atoms with Crippen LogP contribution >= 0.6 is 24.0 Å². The first-order chi connectivity index (χ1) is 12.9. The van der Waals surface area contributed by atoms with Gasteiger partial charge in [-0.15, -0.1) is 24.0 Å². The van der Waals surface area contributed by atoms with Gasteiger partial charge in [-0.1, -0.05) is 24.6 Å². The minimum absolute atomic E-state index is 0. The van der Waals surface area contributed by atoms with Gasteiger partial charge < -0.3 is 15.4 Å². The zero-order valence-electron chi connectivity index (χ0n) is 17.0. The number of guanidine groups is 1. The highest BCUT2D eigenvalue weighted by atomic mass is 127. The Bertz CT molecular complexity index is 736. The van der Waals surface area contributed by atoms with Gasteiger partial charge in [0.1, 0.15) is 0 Å². The molecular formula is C19H33IN4O3S. The van der Waals surface area contributed by atoms with E-state index in [9.17, 15) is 8.42 Å². The van der Waals surface area contributed by atoms with Crippen LogP contribution in [0.2, 0.25) is 0 Å². The predicted molar refractivity (Wildman–Crippen MR) is 126 cm³/mol. The molecule has 1 aliphatic carbocycles. The van der Waals surface area contributed by atoms with Gasteiger partial charge in [-0.25, -0.2) is 13.4 Å². The summed E-state index contributed by atoms with van der Waals surface area (Å²) < 4.78 is 30.9. The number of nitrogens with one attached hydrogen (secondary N) is 3. The number of rotatable bonds is 10. The van der Waals surface area contributed by atoms with E-state index in [4.69, 9.17) is 4.74 Å². The first kappa shape index (κ1) is 25.0. The summed E-state index contributed by atoms with van der Waals surface area (Å²) in [5.74, 6) is 0.746. The van der Waals surface area contributed by atoms with E-state index in [0.717, 1.165) is 43.9 Å². The summed E-state index contributed by atoms with van der Waals surface area (Å²) in [5.41, 5.74) is 1.69. The van der Waals surface area contributed by atoms with Crippen molar-refractivity contribution in [2.24, 2.45) is 10.4 Å². The van der Waals surface area contributed by atoms with Gasteiger partial charge in [0, 0.05) is 26.8 Å². The standard InChI is InChI=1S/C19H32N4O3S.HI/c1-4-20-18(22-15-19(10-7-11-19)12-13-26-2)21-14-16-8-5-6-9-17(16)23-27(3,24)25;/h5-6,8-9,23H,4,7,10-15H2,1-3H3,(H2,20,21,22);1H. The van der Waals surface area contributed by atoms with Gasteiger partial charge in [-0.05, 0) is 43.2 Å². The molecule has 160 valence electrons. The zero-order valence-corrected chi connectivity index (χ0v) is 20.1. The Morgan fingerprint density at radius 1 is 1.25 bits per heavy atom. The quantitative estimate of drug-likeness (QED) is 0.249. The van der Waals surface area contributed by atoms with E-state index in [1.807, 2.05) is 19.1 Å². The lowest BCUT2D eigenvalue weighted by molar-refractivity contribution is 0.0732. The van der Waals surface area contributed by atoms with Crippen LogP contribution in [0.4, 0.5) is 5.69 Å². The molecule has 0 atom stereocenters. The third kappa shape index (κ3) is 8.12. The highest BCUT2D eigenvalue weighted by Gasteiger charge is 2.36. The lowest BCUT2D eigenvalue weighted by Gasteiger charge is -2.42. The van der Waals surface area contributed by atoms with Crippen molar-refractivity contribution in [1.29, 1.82) is 0 Å². The van der Waals surface area contributed by atoms with Gasteiger partial charge in [-0.2, -0.15) is 0 Å². The van der Waals surface area contributed by atoms with Crippen molar-refractivity contribution in [1.82, 2.24) is 10.6 Å². The van der Waals surface area contributed by atoms with Crippen LogP contribution in [0.25, 0.3) is 0 Å². The molecule has 0 bridgehead atoms. The molecular weight excluding hydrogens is 491 g/mol. The molecule has 0 aromatic heterocycles. The van der Waals surface area contributed by atoms with Crippen molar-refractivity contribution in [2.75, 3.05) is 37.8 Å². The van der Waals surface area contributed by atoms with Gasteiger partial charge in [-0.3, -0.25) is 4.72 Å². The maximum atomic E-state index is 11.6. The van der Waals surface area contributed by atoms with Crippen LogP contribution in [0.3, 0.4) is 0 Å². The van der Waals surface area contributed by atoms with Crippen LogP contribution in [-0.2, 0) is 21.3 Å². The summed E-state index contributed by atoms with van der Waals surface area (Å²) in [7, 11) is -1.58. The molecule has 0 saturated heterocycles. The van der Waals surface area contributed by atoms with Gasteiger partial charge in [0.15, 0.2) is 5.96 Å². The molecule has 9 heteroatoms. The Morgan fingerprint density at radius 2 is 1.96 bits per heavy atom. The second-order valence-corrected chi connectivity index (χ2v) is 8.92. The molecule has 0 aliphatic heterocycles. The van der Waals surface area contributed by atoms with Crippen molar-refractivity contribution in [2.45, 2.75) is 39.2 Å². The molecule has 2 rings (SSSR count). The second-order valence-electron chi connectivity index (χ2n) is 7.18. The monoisotopic (exact) mass is 524 g/mol. The molecule has 1 aromatic carbocycles. The maximum Gasteiger partial charge on any atom is 0.229 e. The maximum absolute atomic E-state index is 11.6. The number of ether oxygens (including phenoxy) is 1. The summed E-state index contributed by atoms with van der Waals surface area (Å²) in [6.07, 6.45) is 5.89. The van der Waals surface area contributed by atoms with E-state index in [-0.39, 0.29) is 24.0 Å². The number of sulfonamides is 1. The summed E-state index contributed by atoms with van der Waals surface area (Å²) in [6, 6.07) is 7.32. The summed E-state index contributed by atoms with van der Waals surface area (Å²) in [4.78, 5) is 4.64. The number of aliphatic imine (C=N–C) groups is 1. The first-order valence-corrected chi connectivity index (χ1v) is 11.3. The van der Waals surface area contributed by atoms with Gasteiger partial charge in [0.05, 0.1) is 18.5 Å². The number of hydrogen-bond donors (Lipinski definition) is 3. The van der Waals surface area contributed by atoms with Crippen LogP contribution in [0.1, 0.15) is 38.2 Å². The topological polar surface area (TPSA) is 91.8 Å².